The van der Waals surface area contributed by atoms with Gasteiger partial charge in [-0.3, -0.25) is 13.8 Å². The molecule has 0 aromatic rings. The number of aliphatic hydroxyl groups excluding tert-OH is 2. The summed E-state index contributed by atoms with van der Waals surface area (Å²) in [4.78, 5) is 20.9. The van der Waals surface area contributed by atoms with Crippen molar-refractivity contribution in [3.63, 3.8) is 0 Å². The lowest BCUT2D eigenvalue weighted by atomic mass is 10.1. The second-order valence-corrected chi connectivity index (χ2v) is 7.46. The molecular formula is C16H34NO7P. The molecule has 0 aliphatic carbocycles. The van der Waals surface area contributed by atoms with Crippen molar-refractivity contribution in [1.82, 2.24) is 5.32 Å². The Morgan fingerprint density at radius 1 is 1.08 bits per heavy atom. The Morgan fingerprint density at radius 2 is 1.68 bits per heavy atom. The van der Waals surface area contributed by atoms with Crippen LogP contribution >= 0.6 is 7.82 Å². The topological polar surface area (TPSA) is 125 Å². The molecule has 0 saturated heterocycles. The highest BCUT2D eigenvalue weighted by Gasteiger charge is 2.22. The number of hydrogen-bond donors (Lipinski definition) is 4. The fraction of sp³-hybridized carbons (Fsp3) is 0.938. The highest BCUT2D eigenvalue weighted by molar-refractivity contribution is 7.47. The first-order valence-electron chi connectivity index (χ1n) is 9.08. The van der Waals surface area contributed by atoms with E-state index in [9.17, 15) is 14.3 Å². The largest absolute Gasteiger partial charge is 0.472 e. The van der Waals surface area contributed by atoms with Crippen molar-refractivity contribution in [3.8, 4) is 0 Å². The zero-order valence-electron chi connectivity index (χ0n) is 15.2. The molecule has 0 radical (unpaired) electrons. The summed E-state index contributed by atoms with van der Waals surface area (Å²) < 4.78 is 20.6. The van der Waals surface area contributed by atoms with E-state index in [0.717, 1.165) is 19.3 Å². The predicted molar refractivity (Wildman–Crippen MR) is 95.1 cm³/mol. The van der Waals surface area contributed by atoms with E-state index < -0.39 is 27.1 Å². The molecular weight excluding hydrogens is 349 g/mol. The predicted octanol–water partition coefficient (Wildman–Crippen LogP) is 2.12. The van der Waals surface area contributed by atoms with Crippen molar-refractivity contribution in [1.29, 1.82) is 0 Å². The maximum Gasteiger partial charge on any atom is 0.472 e. The normalized spacial score (nSPS) is 14.9. The molecule has 0 bridgehead atoms. The lowest BCUT2D eigenvalue weighted by Crippen LogP contribution is -2.27. The molecule has 25 heavy (non-hydrogen) atoms. The van der Waals surface area contributed by atoms with E-state index in [4.69, 9.17) is 10.2 Å². The van der Waals surface area contributed by atoms with Crippen LogP contribution in [-0.2, 0) is 18.4 Å². The number of unbranched alkanes of at least 4 members (excludes halogenated alkanes) is 7. The van der Waals surface area contributed by atoms with Crippen LogP contribution in [0.4, 0.5) is 0 Å². The smallest absolute Gasteiger partial charge is 0.394 e. The summed E-state index contributed by atoms with van der Waals surface area (Å²) in [6.07, 6.45) is 8.50. The minimum atomic E-state index is -4.28. The number of phosphoric acid groups is 1. The van der Waals surface area contributed by atoms with Crippen molar-refractivity contribution in [2.75, 3.05) is 26.4 Å². The Balaban J connectivity index is 3.52. The fourth-order valence-electron chi connectivity index (χ4n) is 2.13. The molecule has 1 amide bonds. The highest BCUT2D eigenvalue weighted by Crippen LogP contribution is 2.42. The summed E-state index contributed by atoms with van der Waals surface area (Å²) >= 11 is 0. The van der Waals surface area contributed by atoms with Crippen LogP contribution < -0.4 is 5.32 Å². The third kappa shape index (κ3) is 16.7. The van der Waals surface area contributed by atoms with Gasteiger partial charge in [0.2, 0.25) is 5.91 Å². The summed E-state index contributed by atoms with van der Waals surface area (Å²) in [6.45, 7) is 1.04. The van der Waals surface area contributed by atoms with Crippen LogP contribution in [-0.4, -0.2) is 53.5 Å². The van der Waals surface area contributed by atoms with Crippen LogP contribution in [0.25, 0.3) is 0 Å². The van der Waals surface area contributed by atoms with Gasteiger partial charge in [-0.25, -0.2) is 4.57 Å². The average molecular weight is 383 g/mol. The molecule has 0 aromatic carbocycles. The fourth-order valence-corrected chi connectivity index (χ4v) is 2.89. The Hall–Kier alpha value is -0.500. The van der Waals surface area contributed by atoms with Gasteiger partial charge in [-0.05, 0) is 6.42 Å². The Labute approximate surface area is 150 Å². The molecule has 0 heterocycles. The summed E-state index contributed by atoms with van der Waals surface area (Å²) in [5.41, 5.74) is 0. The third-order valence-corrected chi connectivity index (χ3v) is 4.56. The quantitative estimate of drug-likeness (QED) is 0.224. The molecule has 0 aliphatic rings. The van der Waals surface area contributed by atoms with Crippen LogP contribution in [0.3, 0.4) is 0 Å². The molecule has 2 unspecified atom stereocenters. The zero-order valence-corrected chi connectivity index (χ0v) is 16.1. The van der Waals surface area contributed by atoms with E-state index in [-0.39, 0.29) is 19.1 Å². The number of aliphatic hydroxyl groups is 2. The lowest BCUT2D eigenvalue weighted by Gasteiger charge is -2.14. The van der Waals surface area contributed by atoms with Gasteiger partial charge in [0.15, 0.2) is 0 Å². The highest BCUT2D eigenvalue weighted by atomic mass is 31.2. The van der Waals surface area contributed by atoms with E-state index in [0.29, 0.717) is 6.42 Å². The standard InChI is InChI=1S/C16H34NO7P/c1-2-3-4-5-6-7-8-9-10-16(20)17-11-12-23-25(21,22)24-14-15(19)13-18/h15,18-19H,2-14H2,1H3,(H,17,20)(H,21,22). The van der Waals surface area contributed by atoms with Gasteiger partial charge in [0.05, 0.1) is 19.8 Å². The molecule has 0 aromatic heterocycles. The number of carbonyl (C=O) groups is 1. The number of phosphoric ester groups is 1. The molecule has 150 valence electrons. The molecule has 0 saturated carbocycles. The average Bonchev–Trinajstić information content (AvgIpc) is 2.59. The molecule has 8 nitrogen and oxygen atoms in total. The van der Waals surface area contributed by atoms with Crippen LogP contribution in [0.1, 0.15) is 64.7 Å². The molecule has 0 rings (SSSR count). The summed E-state index contributed by atoms with van der Waals surface area (Å²) in [5.74, 6) is -0.112. The number of carbonyl (C=O) groups excluding carboxylic acids is 1. The number of nitrogens with one attached hydrogen (secondary N) is 1. The van der Waals surface area contributed by atoms with Crippen molar-refractivity contribution >= 4 is 13.7 Å². The SMILES string of the molecule is CCCCCCCCCCC(=O)NCCOP(=O)(O)OCC(O)CO. The Kier molecular flexibility index (Phi) is 15.4. The van der Waals surface area contributed by atoms with E-state index >= 15 is 0 Å². The maximum atomic E-state index is 11.6. The number of hydrogen-bond acceptors (Lipinski definition) is 6. The monoisotopic (exact) mass is 383 g/mol. The number of amides is 1. The molecule has 0 aliphatic heterocycles. The Bertz CT molecular complexity index is 381. The van der Waals surface area contributed by atoms with E-state index in [1.54, 1.807) is 0 Å². The first-order chi connectivity index (χ1) is 11.9. The molecule has 0 fully saturated rings. The zero-order chi connectivity index (χ0) is 19.0. The van der Waals surface area contributed by atoms with Crippen LogP contribution in [0, 0.1) is 0 Å². The van der Waals surface area contributed by atoms with Gasteiger partial charge in [0.25, 0.3) is 0 Å². The minimum absolute atomic E-state index is 0.103. The van der Waals surface area contributed by atoms with Crippen molar-refractivity contribution < 1.29 is 33.5 Å². The molecule has 9 heteroatoms. The Morgan fingerprint density at radius 3 is 2.28 bits per heavy atom. The summed E-state index contributed by atoms with van der Waals surface area (Å²) in [5, 5.41) is 20.2. The second-order valence-electron chi connectivity index (χ2n) is 6.01. The molecule has 4 N–H and O–H groups in total. The van der Waals surface area contributed by atoms with Crippen molar-refractivity contribution in [3.05, 3.63) is 0 Å². The van der Waals surface area contributed by atoms with Crippen LogP contribution in [0.2, 0.25) is 0 Å². The first-order valence-corrected chi connectivity index (χ1v) is 10.6. The van der Waals surface area contributed by atoms with E-state index in [1.165, 1.54) is 32.1 Å². The molecule has 0 spiro atoms. The van der Waals surface area contributed by atoms with Gasteiger partial charge in [-0.15, -0.1) is 0 Å². The van der Waals surface area contributed by atoms with Gasteiger partial charge in [0, 0.05) is 13.0 Å². The van der Waals surface area contributed by atoms with Crippen LogP contribution in [0.15, 0.2) is 0 Å². The van der Waals surface area contributed by atoms with Crippen molar-refractivity contribution in [2.45, 2.75) is 70.8 Å². The van der Waals surface area contributed by atoms with E-state index in [1.807, 2.05) is 0 Å². The van der Waals surface area contributed by atoms with Gasteiger partial charge in [-0.1, -0.05) is 51.9 Å². The van der Waals surface area contributed by atoms with Crippen LogP contribution in [0.5, 0.6) is 0 Å². The third-order valence-electron chi connectivity index (χ3n) is 3.58. The van der Waals surface area contributed by atoms with Gasteiger partial charge < -0.3 is 20.4 Å². The second kappa shape index (κ2) is 15.7. The van der Waals surface area contributed by atoms with Gasteiger partial charge in [0.1, 0.15) is 6.10 Å². The maximum absolute atomic E-state index is 11.6. The lowest BCUT2D eigenvalue weighted by molar-refractivity contribution is -0.121. The van der Waals surface area contributed by atoms with E-state index in [2.05, 4.69) is 21.3 Å². The summed E-state index contributed by atoms with van der Waals surface area (Å²) in [7, 11) is -4.28. The minimum Gasteiger partial charge on any atom is -0.394 e. The molecule has 2 atom stereocenters. The van der Waals surface area contributed by atoms with Gasteiger partial charge in [-0.2, -0.15) is 0 Å². The van der Waals surface area contributed by atoms with Gasteiger partial charge >= 0.3 is 7.82 Å². The summed E-state index contributed by atoms with van der Waals surface area (Å²) in [6, 6.07) is 0. The van der Waals surface area contributed by atoms with Crippen molar-refractivity contribution in [2.24, 2.45) is 0 Å². The number of rotatable bonds is 17. The first kappa shape index (κ1) is 24.5.